The number of nitrogens with zero attached hydrogens (tertiary/aromatic N) is 2. The van der Waals surface area contributed by atoms with Gasteiger partial charge in [0.25, 0.3) is 0 Å². The molecular weight excluding hydrogens is 328 g/mol. The fourth-order valence-corrected chi connectivity index (χ4v) is 4.68. The number of likely N-dealkylation sites (tertiary alicyclic amines) is 2. The van der Waals surface area contributed by atoms with Crippen molar-refractivity contribution in [1.82, 2.24) is 9.80 Å². The first kappa shape index (κ1) is 17.7. The van der Waals surface area contributed by atoms with E-state index in [1.165, 1.54) is 19.3 Å². The lowest BCUT2D eigenvalue weighted by atomic mass is 9.77. The Balaban J connectivity index is 1.49. The maximum Gasteiger partial charge on any atom is 0.223 e. The number of carbonyl (C=O) groups is 2. The van der Waals surface area contributed by atoms with Gasteiger partial charge in [-0.3, -0.25) is 9.59 Å². The van der Waals surface area contributed by atoms with Crippen LogP contribution in [-0.2, 0) is 19.4 Å². The molecule has 3 rings (SSSR count). The summed E-state index contributed by atoms with van der Waals surface area (Å²) >= 11 is 0. The molecule has 2 aliphatic heterocycles. The van der Waals surface area contributed by atoms with Crippen LogP contribution >= 0.6 is 0 Å². The van der Waals surface area contributed by atoms with E-state index < -0.39 is 9.84 Å². The molecule has 1 spiro atoms. The van der Waals surface area contributed by atoms with Gasteiger partial charge in [0.15, 0.2) is 0 Å². The second-order valence-corrected chi connectivity index (χ2v) is 10.3. The van der Waals surface area contributed by atoms with Crippen molar-refractivity contribution in [3.8, 4) is 0 Å². The zero-order chi connectivity index (χ0) is 17.4. The predicted molar refractivity (Wildman–Crippen MR) is 91.1 cm³/mol. The Bertz CT molecular complexity index is 604. The van der Waals surface area contributed by atoms with Gasteiger partial charge in [-0.1, -0.05) is 6.42 Å². The van der Waals surface area contributed by atoms with Crippen LogP contribution in [0.5, 0.6) is 0 Å². The minimum atomic E-state index is -3.10. The maximum atomic E-state index is 12.3. The summed E-state index contributed by atoms with van der Waals surface area (Å²) in [6, 6.07) is 0. The molecule has 0 atom stereocenters. The maximum absolute atomic E-state index is 12.3. The third-order valence-electron chi connectivity index (χ3n) is 5.97. The first-order valence-corrected chi connectivity index (χ1v) is 11.1. The number of piperidine rings is 1. The van der Waals surface area contributed by atoms with E-state index in [2.05, 4.69) is 0 Å². The number of sulfone groups is 1. The average Bonchev–Trinajstić information content (AvgIpc) is 2.76. The van der Waals surface area contributed by atoms with Crippen molar-refractivity contribution < 1.29 is 18.0 Å². The van der Waals surface area contributed by atoms with Gasteiger partial charge in [-0.2, -0.15) is 0 Å². The summed E-state index contributed by atoms with van der Waals surface area (Å²) in [7, 11) is -3.10. The van der Waals surface area contributed by atoms with Gasteiger partial charge in [-0.05, 0) is 31.6 Å². The molecule has 3 fully saturated rings. The summed E-state index contributed by atoms with van der Waals surface area (Å²) in [4.78, 5) is 28.3. The van der Waals surface area contributed by atoms with Crippen LogP contribution in [0.15, 0.2) is 0 Å². The molecule has 0 aromatic heterocycles. The summed E-state index contributed by atoms with van der Waals surface area (Å²) in [5, 5.41) is 0. The number of carbonyl (C=O) groups excluding carboxylic acids is 2. The van der Waals surface area contributed by atoms with Gasteiger partial charge in [-0.25, -0.2) is 8.42 Å². The molecule has 0 bridgehead atoms. The van der Waals surface area contributed by atoms with Gasteiger partial charge in [0.05, 0.1) is 5.75 Å². The van der Waals surface area contributed by atoms with Crippen LogP contribution in [-0.4, -0.2) is 68.2 Å². The molecule has 6 nitrogen and oxygen atoms in total. The van der Waals surface area contributed by atoms with Crippen molar-refractivity contribution in [3.63, 3.8) is 0 Å². The van der Waals surface area contributed by atoms with E-state index in [1.807, 2.05) is 4.90 Å². The highest BCUT2D eigenvalue weighted by molar-refractivity contribution is 7.90. The summed E-state index contributed by atoms with van der Waals surface area (Å²) in [6.45, 7) is 3.05. The van der Waals surface area contributed by atoms with Crippen molar-refractivity contribution in [1.29, 1.82) is 0 Å². The molecule has 0 N–H and O–H groups in total. The van der Waals surface area contributed by atoms with Crippen LogP contribution in [0.3, 0.4) is 0 Å². The largest absolute Gasteiger partial charge is 0.343 e. The molecule has 1 saturated carbocycles. The van der Waals surface area contributed by atoms with E-state index >= 15 is 0 Å². The van der Waals surface area contributed by atoms with E-state index in [-0.39, 0.29) is 29.4 Å². The smallest absolute Gasteiger partial charge is 0.223 e. The van der Waals surface area contributed by atoms with Crippen LogP contribution in [0.1, 0.15) is 44.9 Å². The molecule has 7 heteroatoms. The van der Waals surface area contributed by atoms with E-state index in [1.54, 1.807) is 4.90 Å². The second-order valence-electron chi connectivity index (χ2n) is 8.01. The van der Waals surface area contributed by atoms with Crippen molar-refractivity contribution in [2.45, 2.75) is 44.9 Å². The van der Waals surface area contributed by atoms with Gasteiger partial charge >= 0.3 is 0 Å². The lowest BCUT2D eigenvalue weighted by molar-refractivity contribution is -0.133. The van der Waals surface area contributed by atoms with Crippen LogP contribution in [0.25, 0.3) is 0 Å². The molecule has 136 valence electrons. The fraction of sp³-hybridized carbons (Fsp3) is 0.882. The van der Waals surface area contributed by atoms with Crippen LogP contribution in [0.2, 0.25) is 0 Å². The Kier molecular flexibility index (Phi) is 4.91. The molecule has 0 aromatic rings. The topological polar surface area (TPSA) is 74.8 Å². The summed E-state index contributed by atoms with van der Waals surface area (Å²) in [6.07, 6.45) is 7.34. The molecule has 0 radical (unpaired) electrons. The van der Waals surface area contributed by atoms with E-state index in [0.717, 1.165) is 32.2 Å². The Labute approximate surface area is 144 Å². The molecule has 2 amide bonds. The summed E-state index contributed by atoms with van der Waals surface area (Å²) in [5.41, 5.74) is 0.0362. The van der Waals surface area contributed by atoms with Gasteiger partial charge in [0, 0.05) is 50.7 Å². The lowest BCUT2D eigenvalue weighted by Crippen LogP contribution is -2.45. The Morgan fingerprint density at radius 2 is 1.92 bits per heavy atom. The minimum Gasteiger partial charge on any atom is -0.343 e. The van der Waals surface area contributed by atoms with Gasteiger partial charge < -0.3 is 9.80 Å². The van der Waals surface area contributed by atoms with Gasteiger partial charge in [0.1, 0.15) is 9.84 Å². The fourth-order valence-electron chi connectivity index (χ4n) is 4.13. The molecule has 2 heterocycles. The Morgan fingerprint density at radius 3 is 2.46 bits per heavy atom. The molecular formula is C17H28N2O4S. The van der Waals surface area contributed by atoms with Crippen molar-refractivity contribution in [2.24, 2.45) is 11.3 Å². The minimum absolute atomic E-state index is 0.0362. The van der Waals surface area contributed by atoms with Crippen LogP contribution < -0.4 is 0 Å². The lowest BCUT2D eigenvalue weighted by Gasteiger charge is -2.39. The van der Waals surface area contributed by atoms with Gasteiger partial charge in [0.2, 0.25) is 11.8 Å². The van der Waals surface area contributed by atoms with Crippen molar-refractivity contribution in [2.75, 3.05) is 38.2 Å². The average molecular weight is 356 g/mol. The highest BCUT2D eigenvalue weighted by Crippen LogP contribution is 2.42. The monoisotopic (exact) mass is 356 g/mol. The Morgan fingerprint density at radius 1 is 1.25 bits per heavy atom. The zero-order valence-electron chi connectivity index (χ0n) is 14.5. The normalized spacial score (nSPS) is 24.5. The predicted octanol–water partition coefficient (Wildman–Crippen LogP) is 1.06. The van der Waals surface area contributed by atoms with Crippen LogP contribution in [0, 0.1) is 11.3 Å². The van der Waals surface area contributed by atoms with Crippen molar-refractivity contribution >= 4 is 21.7 Å². The summed E-state index contributed by atoms with van der Waals surface area (Å²) < 4.78 is 22.4. The van der Waals surface area contributed by atoms with Crippen molar-refractivity contribution in [3.05, 3.63) is 0 Å². The molecule has 2 saturated heterocycles. The van der Waals surface area contributed by atoms with Gasteiger partial charge in [-0.15, -0.1) is 0 Å². The molecule has 0 unspecified atom stereocenters. The third kappa shape index (κ3) is 4.10. The Hall–Kier alpha value is -1.11. The number of amides is 2. The molecule has 0 aromatic carbocycles. The molecule has 24 heavy (non-hydrogen) atoms. The number of rotatable bonds is 5. The van der Waals surface area contributed by atoms with Crippen LogP contribution in [0.4, 0.5) is 0 Å². The van der Waals surface area contributed by atoms with E-state index in [4.69, 9.17) is 0 Å². The first-order valence-electron chi connectivity index (χ1n) is 9.00. The SMILES string of the molecule is CS(=O)(=O)CCC(=O)N1CCC2(CC1)CC(=O)N(CC1CCC1)C2. The second kappa shape index (κ2) is 6.65. The quantitative estimate of drug-likeness (QED) is 0.738. The number of hydrogen-bond acceptors (Lipinski definition) is 4. The standard InChI is InChI=1S/C17H28N2O4S/c1-24(22,23)10-5-15(20)18-8-6-17(7-9-18)11-16(21)19(13-17)12-14-3-2-4-14/h14H,2-13H2,1H3. The first-order chi connectivity index (χ1) is 11.3. The highest BCUT2D eigenvalue weighted by atomic mass is 32.2. The summed E-state index contributed by atoms with van der Waals surface area (Å²) in [5.74, 6) is 0.813. The van der Waals surface area contributed by atoms with E-state index in [9.17, 15) is 18.0 Å². The number of hydrogen-bond donors (Lipinski definition) is 0. The zero-order valence-corrected chi connectivity index (χ0v) is 15.3. The molecule has 1 aliphatic carbocycles. The third-order valence-corrected chi connectivity index (χ3v) is 6.92. The van der Waals surface area contributed by atoms with E-state index in [0.29, 0.717) is 25.4 Å². The molecule has 3 aliphatic rings. The highest BCUT2D eigenvalue weighted by Gasteiger charge is 2.45.